The number of amides is 1. The van der Waals surface area contributed by atoms with Crippen LogP contribution in [0, 0.1) is 0 Å². The van der Waals surface area contributed by atoms with Gasteiger partial charge in [0, 0.05) is 41.2 Å². The predicted octanol–water partition coefficient (Wildman–Crippen LogP) is 6.16. The number of hydrogen-bond acceptors (Lipinski definition) is 7. The number of carbonyl (C=O) groups excluding carboxylic acids is 1. The second-order valence-electron chi connectivity index (χ2n) is 8.96. The van der Waals surface area contributed by atoms with Crippen molar-refractivity contribution in [2.75, 3.05) is 37.8 Å². The molecule has 7 nitrogen and oxygen atoms in total. The van der Waals surface area contributed by atoms with Gasteiger partial charge in [-0.05, 0) is 26.2 Å². The Morgan fingerprint density at radius 3 is 2.26 bits per heavy atom. The third kappa shape index (κ3) is 6.11. The van der Waals surface area contributed by atoms with E-state index in [1.54, 1.807) is 17.4 Å². The number of aromatic nitrogens is 3. The summed E-state index contributed by atoms with van der Waals surface area (Å²) in [6.07, 6.45) is 0. The van der Waals surface area contributed by atoms with Crippen LogP contribution in [0.4, 0.5) is 11.5 Å². The highest BCUT2D eigenvalue weighted by molar-refractivity contribution is 7.13. The van der Waals surface area contributed by atoms with Crippen molar-refractivity contribution in [2.24, 2.45) is 0 Å². The average Bonchev–Trinajstić information content (AvgIpc) is 3.44. The van der Waals surface area contributed by atoms with Crippen molar-refractivity contribution in [3.05, 3.63) is 102 Å². The van der Waals surface area contributed by atoms with E-state index in [1.165, 1.54) is 0 Å². The summed E-state index contributed by atoms with van der Waals surface area (Å²) in [6, 6.07) is 29.1. The molecule has 3 aromatic carbocycles. The minimum absolute atomic E-state index is 0.283. The van der Waals surface area contributed by atoms with Gasteiger partial charge in [-0.1, -0.05) is 72.8 Å². The number of nitrogens with one attached hydrogen (secondary N) is 2. The van der Waals surface area contributed by atoms with Crippen molar-refractivity contribution >= 4 is 28.7 Å². The van der Waals surface area contributed by atoms with Gasteiger partial charge in [0.15, 0.2) is 5.82 Å². The van der Waals surface area contributed by atoms with Gasteiger partial charge in [0.2, 0.25) is 0 Å². The van der Waals surface area contributed by atoms with Gasteiger partial charge < -0.3 is 15.5 Å². The summed E-state index contributed by atoms with van der Waals surface area (Å²) in [7, 11) is 4.03. The summed E-state index contributed by atoms with van der Waals surface area (Å²) in [5.74, 6) is 0.783. The van der Waals surface area contributed by atoms with E-state index in [-0.39, 0.29) is 11.6 Å². The van der Waals surface area contributed by atoms with Crippen LogP contribution in [0.1, 0.15) is 10.5 Å². The molecule has 0 aliphatic carbocycles. The average molecular weight is 521 g/mol. The van der Waals surface area contributed by atoms with E-state index < -0.39 is 0 Å². The summed E-state index contributed by atoms with van der Waals surface area (Å²) in [6.45, 7) is 1.52. The Labute approximate surface area is 226 Å². The van der Waals surface area contributed by atoms with E-state index in [4.69, 9.17) is 4.98 Å². The monoisotopic (exact) mass is 520 g/mol. The number of anilines is 2. The smallest absolute Gasteiger partial charge is 0.274 e. The lowest BCUT2D eigenvalue weighted by Crippen LogP contribution is -2.22. The number of rotatable bonds is 9. The summed E-state index contributed by atoms with van der Waals surface area (Å²) < 4.78 is 0. The van der Waals surface area contributed by atoms with Crippen molar-refractivity contribution in [1.29, 1.82) is 0 Å². The molecule has 0 atom stereocenters. The van der Waals surface area contributed by atoms with Crippen molar-refractivity contribution in [2.45, 2.75) is 0 Å². The normalized spacial score (nSPS) is 10.9. The molecule has 0 spiro atoms. The van der Waals surface area contributed by atoms with E-state index in [0.29, 0.717) is 23.9 Å². The van der Waals surface area contributed by atoms with Crippen molar-refractivity contribution in [3.8, 4) is 33.2 Å². The summed E-state index contributed by atoms with van der Waals surface area (Å²) in [4.78, 5) is 29.7. The van der Waals surface area contributed by atoms with Crippen LogP contribution >= 0.6 is 11.3 Å². The fourth-order valence-corrected chi connectivity index (χ4v) is 4.75. The van der Waals surface area contributed by atoms with Gasteiger partial charge in [-0.15, -0.1) is 11.3 Å². The van der Waals surface area contributed by atoms with Gasteiger partial charge in [0.05, 0.1) is 11.4 Å². The van der Waals surface area contributed by atoms with Crippen LogP contribution in [0.5, 0.6) is 0 Å². The predicted molar refractivity (Wildman–Crippen MR) is 155 cm³/mol. The van der Waals surface area contributed by atoms with Crippen LogP contribution in [-0.2, 0) is 0 Å². The Bertz CT molecular complexity index is 1520. The first-order valence-corrected chi connectivity index (χ1v) is 13.2. The molecule has 5 aromatic rings. The molecule has 1 amide bonds. The molecule has 5 rings (SSSR count). The highest BCUT2D eigenvalue weighted by atomic mass is 32.1. The minimum atomic E-state index is -0.312. The van der Waals surface area contributed by atoms with Crippen LogP contribution in [0.3, 0.4) is 0 Å². The molecular weight excluding hydrogens is 492 g/mol. The summed E-state index contributed by atoms with van der Waals surface area (Å²) in [5.41, 5.74) is 4.62. The van der Waals surface area contributed by atoms with E-state index in [9.17, 15) is 4.79 Å². The lowest BCUT2D eigenvalue weighted by Gasteiger charge is -2.13. The van der Waals surface area contributed by atoms with Gasteiger partial charge in [-0.3, -0.25) is 4.79 Å². The highest BCUT2D eigenvalue weighted by Crippen LogP contribution is 2.33. The molecule has 190 valence electrons. The van der Waals surface area contributed by atoms with Crippen LogP contribution in [0.2, 0.25) is 0 Å². The van der Waals surface area contributed by atoms with Gasteiger partial charge in [0.1, 0.15) is 16.5 Å². The third-order valence-corrected chi connectivity index (χ3v) is 6.71. The van der Waals surface area contributed by atoms with Gasteiger partial charge >= 0.3 is 0 Å². The van der Waals surface area contributed by atoms with Crippen molar-refractivity contribution in [3.63, 3.8) is 0 Å². The van der Waals surface area contributed by atoms with Crippen LogP contribution in [0.25, 0.3) is 33.2 Å². The van der Waals surface area contributed by atoms with Crippen molar-refractivity contribution in [1.82, 2.24) is 19.9 Å². The fraction of sp³-hybridized carbons (Fsp3) is 0.133. The number of benzene rings is 3. The molecule has 0 aliphatic rings. The van der Waals surface area contributed by atoms with Gasteiger partial charge in [-0.2, -0.15) is 0 Å². The maximum absolute atomic E-state index is 13.5. The molecule has 0 bridgehead atoms. The van der Waals surface area contributed by atoms with Crippen LogP contribution < -0.4 is 10.6 Å². The molecule has 0 fully saturated rings. The van der Waals surface area contributed by atoms with Crippen molar-refractivity contribution < 1.29 is 4.79 Å². The molecule has 0 saturated heterocycles. The Morgan fingerprint density at radius 2 is 1.53 bits per heavy atom. The molecule has 38 heavy (non-hydrogen) atoms. The minimum Gasteiger partial charge on any atom is -0.369 e. The zero-order valence-corrected chi connectivity index (χ0v) is 22.1. The molecule has 2 heterocycles. The Hall–Kier alpha value is -4.40. The molecule has 0 unspecified atom stereocenters. The first kappa shape index (κ1) is 25.3. The van der Waals surface area contributed by atoms with E-state index >= 15 is 0 Å². The van der Waals surface area contributed by atoms with E-state index in [1.807, 2.05) is 104 Å². The van der Waals surface area contributed by atoms with Gasteiger partial charge in [0.25, 0.3) is 5.91 Å². The summed E-state index contributed by atoms with van der Waals surface area (Å²) >= 11 is 1.55. The Kier molecular flexibility index (Phi) is 7.82. The lowest BCUT2D eigenvalue weighted by molar-refractivity contribution is 0.102. The van der Waals surface area contributed by atoms with Crippen LogP contribution in [-0.4, -0.2) is 52.9 Å². The number of hydrogen-bond donors (Lipinski definition) is 2. The molecule has 8 heteroatoms. The SMILES string of the molecule is CN(C)CCNc1cc(C(=O)Nc2ccccc2-c2nc(-c3ccccc3)cs2)nc(-c2ccccc2)n1. The standard InChI is InChI=1S/C30H28N6OS/c1-36(2)18-17-31-27-19-25(32-28(35-27)22-13-7-4-8-14-22)29(37)33-24-16-10-9-15-23(24)30-34-26(20-38-30)21-11-5-3-6-12-21/h3-16,19-20H,17-18H2,1-2H3,(H,33,37)(H,31,32,35). The first-order valence-electron chi connectivity index (χ1n) is 12.3. The zero-order valence-electron chi connectivity index (χ0n) is 21.3. The number of nitrogens with zero attached hydrogens (tertiary/aromatic N) is 4. The maximum Gasteiger partial charge on any atom is 0.274 e. The number of carbonyl (C=O) groups is 1. The molecule has 0 radical (unpaired) electrons. The third-order valence-electron chi connectivity index (χ3n) is 5.84. The summed E-state index contributed by atoms with van der Waals surface area (Å²) in [5, 5.41) is 9.24. The molecule has 2 N–H and O–H groups in total. The topological polar surface area (TPSA) is 83.0 Å². The second-order valence-corrected chi connectivity index (χ2v) is 9.82. The van der Waals surface area contributed by atoms with E-state index in [2.05, 4.69) is 25.5 Å². The largest absolute Gasteiger partial charge is 0.369 e. The molecular formula is C30H28N6OS. The maximum atomic E-state index is 13.5. The molecule has 0 saturated carbocycles. The number of thiazole rings is 1. The second kappa shape index (κ2) is 11.8. The lowest BCUT2D eigenvalue weighted by atomic mass is 10.1. The quantitative estimate of drug-likeness (QED) is 0.242. The molecule has 0 aliphatic heterocycles. The number of likely N-dealkylation sites (N-methyl/N-ethyl adjacent to an activating group) is 1. The van der Waals surface area contributed by atoms with Gasteiger partial charge in [-0.25, -0.2) is 15.0 Å². The first-order chi connectivity index (χ1) is 18.6. The van der Waals surface area contributed by atoms with Crippen LogP contribution in [0.15, 0.2) is 96.4 Å². The Balaban J connectivity index is 1.43. The van der Waals surface area contributed by atoms with E-state index in [0.717, 1.165) is 33.9 Å². The zero-order chi connectivity index (χ0) is 26.3. The fourth-order valence-electron chi connectivity index (χ4n) is 3.88. The Morgan fingerprint density at radius 1 is 0.842 bits per heavy atom. The number of para-hydroxylation sites is 1. The molecule has 2 aromatic heterocycles. The highest BCUT2D eigenvalue weighted by Gasteiger charge is 2.17.